The number of benzene rings is 2. The molecule has 2 N–H and O–H groups in total. The molecule has 0 bridgehead atoms. The molecule has 0 radical (unpaired) electrons. The molecule has 0 saturated carbocycles. The van der Waals surface area contributed by atoms with Gasteiger partial charge in [-0.05, 0) is 37.1 Å². The number of ether oxygens (including phenoxy) is 1. The van der Waals surface area contributed by atoms with Crippen molar-refractivity contribution in [2.24, 2.45) is 5.73 Å². The van der Waals surface area contributed by atoms with Crippen LogP contribution >= 0.6 is 0 Å². The van der Waals surface area contributed by atoms with Crippen LogP contribution in [-0.2, 0) is 0 Å². The summed E-state index contributed by atoms with van der Waals surface area (Å²) in [6.45, 7) is 3.40. The van der Waals surface area contributed by atoms with Gasteiger partial charge in [0.1, 0.15) is 0 Å². The Morgan fingerprint density at radius 3 is 2.62 bits per heavy atom. The molecule has 110 valence electrons. The second-order valence-electron chi connectivity index (χ2n) is 4.76. The maximum atomic E-state index is 14.0. The maximum Gasteiger partial charge on any atom is 0.311 e. The number of para-hydroxylation sites is 1. The maximum absolute atomic E-state index is 14.0. The Morgan fingerprint density at radius 1 is 1.33 bits per heavy atom. The van der Waals surface area contributed by atoms with Crippen molar-refractivity contribution in [2.75, 3.05) is 0 Å². The molecule has 21 heavy (non-hydrogen) atoms. The fraction of sp³-hybridized carbons (Fsp3) is 0.200. The van der Waals surface area contributed by atoms with Gasteiger partial charge in [0.2, 0.25) is 5.75 Å². The first kappa shape index (κ1) is 14.9. The number of nitro groups is 1. The molecule has 0 aliphatic heterocycles. The number of nitrogens with zero attached hydrogens (tertiary/aromatic N) is 1. The molecule has 0 aromatic heterocycles. The zero-order chi connectivity index (χ0) is 15.6. The van der Waals surface area contributed by atoms with E-state index in [4.69, 9.17) is 10.5 Å². The zero-order valence-corrected chi connectivity index (χ0v) is 11.7. The summed E-state index contributed by atoms with van der Waals surface area (Å²) >= 11 is 0. The summed E-state index contributed by atoms with van der Waals surface area (Å²) in [6, 6.07) is 8.55. The number of nitrogens with two attached hydrogens (primary N) is 1. The lowest BCUT2D eigenvalue weighted by Crippen LogP contribution is -2.05. The molecular formula is C15H15FN2O3. The SMILES string of the molecule is Cc1cccc([N+](=O)[O-])c1Oc1ccc([C@H](C)N)cc1F. The third kappa shape index (κ3) is 3.17. The highest BCUT2D eigenvalue weighted by Gasteiger charge is 2.19. The molecule has 5 nitrogen and oxygen atoms in total. The van der Waals surface area contributed by atoms with E-state index in [0.717, 1.165) is 0 Å². The minimum absolute atomic E-state index is 0.0370. The van der Waals surface area contributed by atoms with Crippen LogP contribution in [0.15, 0.2) is 36.4 Å². The Morgan fingerprint density at radius 2 is 2.05 bits per heavy atom. The van der Waals surface area contributed by atoms with Crippen molar-refractivity contribution in [3.63, 3.8) is 0 Å². The van der Waals surface area contributed by atoms with Crippen molar-refractivity contribution in [1.82, 2.24) is 0 Å². The number of hydrogen-bond acceptors (Lipinski definition) is 4. The topological polar surface area (TPSA) is 78.4 Å². The molecule has 0 amide bonds. The van der Waals surface area contributed by atoms with Crippen LogP contribution in [-0.4, -0.2) is 4.92 Å². The predicted molar refractivity (Wildman–Crippen MR) is 76.9 cm³/mol. The fourth-order valence-corrected chi connectivity index (χ4v) is 1.91. The van der Waals surface area contributed by atoms with Crippen LogP contribution in [0.4, 0.5) is 10.1 Å². The Balaban J connectivity index is 2.41. The quantitative estimate of drug-likeness (QED) is 0.685. The van der Waals surface area contributed by atoms with E-state index in [2.05, 4.69) is 0 Å². The van der Waals surface area contributed by atoms with E-state index in [1.165, 1.54) is 18.2 Å². The summed E-state index contributed by atoms with van der Waals surface area (Å²) in [7, 11) is 0. The van der Waals surface area contributed by atoms with Gasteiger partial charge in [0.25, 0.3) is 0 Å². The average molecular weight is 290 g/mol. The summed E-state index contributed by atoms with van der Waals surface area (Å²) in [5, 5.41) is 11.0. The van der Waals surface area contributed by atoms with Crippen molar-refractivity contribution < 1.29 is 14.1 Å². The monoisotopic (exact) mass is 290 g/mol. The Kier molecular flexibility index (Phi) is 4.18. The van der Waals surface area contributed by atoms with Crippen molar-refractivity contribution in [2.45, 2.75) is 19.9 Å². The molecule has 6 heteroatoms. The number of aryl methyl sites for hydroxylation is 1. The van der Waals surface area contributed by atoms with Gasteiger partial charge < -0.3 is 10.5 Å². The lowest BCUT2D eigenvalue weighted by Gasteiger charge is -2.11. The number of hydrogen-bond donors (Lipinski definition) is 1. The lowest BCUT2D eigenvalue weighted by atomic mass is 10.1. The first-order valence-corrected chi connectivity index (χ1v) is 6.37. The third-order valence-corrected chi connectivity index (χ3v) is 3.08. The molecule has 2 aromatic carbocycles. The highest BCUT2D eigenvalue weighted by molar-refractivity contribution is 5.53. The number of nitro benzene ring substituents is 1. The van der Waals surface area contributed by atoms with Gasteiger partial charge in [0.05, 0.1) is 4.92 Å². The Hall–Kier alpha value is -2.47. The van der Waals surface area contributed by atoms with Crippen LogP contribution < -0.4 is 10.5 Å². The van der Waals surface area contributed by atoms with Gasteiger partial charge in [-0.3, -0.25) is 10.1 Å². The van der Waals surface area contributed by atoms with Crippen LogP contribution in [0.1, 0.15) is 24.1 Å². The van der Waals surface area contributed by atoms with Gasteiger partial charge in [-0.25, -0.2) is 4.39 Å². The molecule has 0 aliphatic rings. The van der Waals surface area contributed by atoms with Crippen molar-refractivity contribution in [3.05, 3.63) is 63.5 Å². The molecule has 2 rings (SSSR count). The van der Waals surface area contributed by atoms with E-state index in [1.54, 1.807) is 32.0 Å². The summed E-state index contributed by atoms with van der Waals surface area (Å²) < 4.78 is 19.4. The molecule has 2 aromatic rings. The molecule has 0 saturated heterocycles. The van der Waals surface area contributed by atoms with Crippen molar-refractivity contribution in [1.29, 1.82) is 0 Å². The summed E-state index contributed by atoms with van der Waals surface area (Å²) in [5.41, 5.74) is 6.65. The molecular weight excluding hydrogens is 275 g/mol. The molecule has 0 unspecified atom stereocenters. The van der Waals surface area contributed by atoms with E-state index in [1.807, 2.05) is 0 Å². The van der Waals surface area contributed by atoms with E-state index in [0.29, 0.717) is 11.1 Å². The third-order valence-electron chi connectivity index (χ3n) is 3.08. The Labute approximate surface area is 121 Å². The minimum Gasteiger partial charge on any atom is -0.447 e. The van der Waals surface area contributed by atoms with Crippen LogP contribution in [0.2, 0.25) is 0 Å². The number of halogens is 1. The average Bonchev–Trinajstić information content (AvgIpc) is 2.42. The molecule has 0 spiro atoms. The number of rotatable bonds is 4. The van der Waals surface area contributed by atoms with Gasteiger partial charge in [-0.2, -0.15) is 0 Å². The van der Waals surface area contributed by atoms with E-state index >= 15 is 0 Å². The van der Waals surface area contributed by atoms with Crippen LogP contribution in [0, 0.1) is 22.9 Å². The molecule has 0 heterocycles. The second kappa shape index (κ2) is 5.88. The summed E-state index contributed by atoms with van der Waals surface area (Å²) in [5.74, 6) is -0.644. The standard InChI is InChI=1S/C15H15FN2O3/c1-9-4-3-5-13(18(19)20)15(9)21-14-7-6-11(10(2)17)8-12(14)16/h3-8,10H,17H2,1-2H3/t10-/m0/s1. The first-order valence-electron chi connectivity index (χ1n) is 6.37. The van der Waals surface area contributed by atoms with Crippen LogP contribution in [0.5, 0.6) is 11.5 Å². The van der Waals surface area contributed by atoms with Gasteiger partial charge >= 0.3 is 5.69 Å². The molecule has 1 atom stereocenters. The summed E-state index contributed by atoms with van der Waals surface area (Å²) in [4.78, 5) is 10.4. The van der Waals surface area contributed by atoms with Crippen molar-refractivity contribution in [3.8, 4) is 11.5 Å². The zero-order valence-electron chi connectivity index (χ0n) is 11.7. The van der Waals surface area contributed by atoms with Crippen LogP contribution in [0.25, 0.3) is 0 Å². The lowest BCUT2D eigenvalue weighted by molar-refractivity contribution is -0.385. The van der Waals surface area contributed by atoms with Gasteiger partial charge in [0, 0.05) is 12.1 Å². The minimum atomic E-state index is -0.609. The van der Waals surface area contributed by atoms with Crippen molar-refractivity contribution >= 4 is 5.69 Å². The summed E-state index contributed by atoms with van der Waals surface area (Å²) in [6.07, 6.45) is 0. The fourth-order valence-electron chi connectivity index (χ4n) is 1.91. The highest BCUT2D eigenvalue weighted by atomic mass is 19.1. The Bertz CT molecular complexity index is 687. The van der Waals surface area contributed by atoms with E-state index < -0.39 is 10.7 Å². The van der Waals surface area contributed by atoms with Gasteiger partial charge in [-0.1, -0.05) is 18.2 Å². The normalized spacial score (nSPS) is 12.0. The first-order chi connectivity index (χ1) is 9.90. The van der Waals surface area contributed by atoms with E-state index in [-0.39, 0.29) is 23.2 Å². The molecule has 0 fully saturated rings. The van der Waals surface area contributed by atoms with Crippen LogP contribution in [0.3, 0.4) is 0 Å². The van der Waals surface area contributed by atoms with E-state index in [9.17, 15) is 14.5 Å². The smallest absolute Gasteiger partial charge is 0.311 e. The predicted octanol–water partition coefficient (Wildman–Crippen LogP) is 3.85. The second-order valence-corrected chi connectivity index (χ2v) is 4.76. The largest absolute Gasteiger partial charge is 0.447 e. The van der Waals surface area contributed by atoms with Gasteiger partial charge in [0.15, 0.2) is 11.6 Å². The molecule has 0 aliphatic carbocycles. The van der Waals surface area contributed by atoms with Gasteiger partial charge in [-0.15, -0.1) is 0 Å². The highest BCUT2D eigenvalue weighted by Crippen LogP contribution is 2.35.